The molecule has 2 aliphatic rings. The second-order valence-electron chi connectivity index (χ2n) is 3.92. The van der Waals surface area contributed by atoms with Gasteiger partial charge < -0.3 is 10.4 Å². The Morgan fingerprint density at radius 3 is 2.46 bits per heavy atom. The van der Waals surface area contributed by atoms with E-state index < -0.39 is 11.9 Å². The molecule has 0 aromatic carbocycles. The van der Waals surface area contributed by atoms with Crippen LogP contribution in [0.3, 0.4) is 0 Å². The van der Waals surface area contributed by atoms with Crippen LogP contribution >= 0.6 is 0 Å². The molecule has 4 nitrogen and oxygen atoms in total. The fourth-order valence-electron chi connectivity index (χ4n) is 1.92. The van der Waals surface area contributed by atoms with Gasteiger partial charge in [-0.05, 0) is 31.6 Å². The summed E-state index contributed by atoms with van der Waals surface area (Å²) in [6.07, 6.45) is 3.70. The van der Waals surface area contributed by atoms with Gasteiger partial charge in [0.2, 0.25) is 5.91 Å². The van der Waals surface area contributed by atoms with E-state index in [9.17, 15) is 9.59 Å². The summed E-state index contributed by atoms with van der Waals surface area (Å²) in [6.45, 7) is 0. The SMILES string of the molecule is O=C(O)C1CCC(C2CC2)NC1=O. The summed E-state index contributed by atoms with van der Waals surface area (Å²) in [7, 11) is 0. The van der Waals surface area contributed by atoms with Crippen LogP contribution in [0.4, 0.5) is 0 Å². The lowest BCUT2D eigenvalue weighted by Gasteiger charge is -2.26. The zero-order valence-corrected chi connectivity index (χ0v) is 7.32. The Labute approximate surface area is 76.3 Å². The maximum Gasteiger partial charge on any atom is 0.316 e. The average molecular weight is 183 g/mol. The van der Waals surface area contributed by atoms with Gasteiger partial charge in [0.15, 0.2) is 0 Å². The van der Waals surface area contributed by atoms with Gasteiger partial charge in [-0.3, -0.25) is 9.59 Å². The van der Waals surface area contributed by atoms with Crippen molar-refractivity contribution in [1.82, 2.24) is 5.32 Å². The summed E-state index contributed by atoms with van der Waals surface area (Å²) in [5, 5.41) is 11.5. The Hall–Kier alpha value is -1.06. The highest BCUT2D eigenvalue weighted by molar-refractivity contribution is 5.97. The van der Waals surface area contributed by atoms with Gasteiger partial charge in [-0.2, -0.15) is 0 Å². The number of carbonyl (C=O) groups excluding carboxylic acids is 1. The average Bonchev–Trinajstić information content (AvgIpc) is 2.85. The van der Waals surface area contributed by atoms with Crippen molar-refractivity contribution in [3.05, 3.63) is 0 Å². The highest BCUT2D eigenvalue weighted by Crippen LogP contribution is 2.36. The van der Waals surface area contributed by atoms with Crippen LogP contribution in [0.25, 0.3) is 0 Å². The molecule has 2 fully saturated rings. The summed E-state index contributed by atoms with van der Waals surface area (Å²) < 4.78 is 0. The van der Waals surface area contributed by atoms with Crippen LogP contribution in [0.2, 0.25) is 0 Å². The molecule has 0 spiro atoms. The molecule has 0 bridgehead atoms. The van der Waals surface area contributed by atoms with Gasteiger partial charge in [-0.1, -0.05) is 0 Å². The number of piperidine rings is 1. The van der Waals surface area contributed by atoms with Crippen molar-refractivity contribution in [3.63, 3.8) is 0 Å². The predicted octanol–water partition coefficient (Wildman–Crippen LogP) is 0.376. The number of hydrogen-bond donors (Lipinski definition) is 2. The molecule has 1 amide bonds. The maximum atomic E-state index is 11.3. The van der Waals surface area contributed by atoms with E-state index in [1.165, 1.54) is 12.8 Å². The van der Waals surface area contributed by atoms with E-state index in [-0.39, 0.29) is 11.9 Å². The molecule has 4 heteroatoms. The minimum Gasteiger partial charge on any atom is -0.481 e. The van der Waals surface area contributed by atoms with E-state index in [1.807, 2.05) is 0 Å². The first kappa shape index (κ1) is 8.53. The quantitative estimate of drug-likeness (QED) is 0.608. The fourth-order valence-corrected chi connectivity index (χ4v) is 1.92. The first-order valence-electron chi connectivity index (χ1n) is 4.71. The molecule has 72 valence electrons. The first-order chi connectivity index (χ1) is 6.18. The Balaban J connectivity index is 1.94. The molecule has 0 radical (unpaired) electrons. The van der Waals surface area contributed by atoms with Gasteiger partial charge in [-0.25, -0.2) is 0 Å². The van der Waals surface area contributed by atoms with Gasteiger partial charge in [0.05, 0.1) is 0 Å². The molecule has 2 unspecified atom stereocenters. The fraction of sp³-hybridized carbons (Fsp3) is 0.778. The Morgan fingerprint density at radius 1 is 1.31 bits per heavy atom. The number of amides is 1. The van der Waals surface area contributed by atoms with Crippen LogP contribution in [-0.2, 0) is 9.59 Å². The molecule has 1 aliphatic carbocycles. The van der Waals surface area contributed by atoms with Gasteiger partial charge in [0.1, 0.15) is 5.92 Å². The lowest BCUT2D eigenvalue weighted by molar-refractivity contribution is -0.148. The van der Waals surface area contributed by atoms with Crippen LogP contribution in [0.1, 0.15) is 25.7 Å². The lowest BCUT2D eigenvalue weighted by atomic mass is 9.92. The smallest absolute Gasteiger partial charge is 0.316 e. The zero-order valence-electron chi connectivity index (χ0n) is 7.32. The largest absolute Gasteiger partial charge is 0.481 e. The highest BCUT2D eigenvalue weighted by Gasteiger charge is 2.39. The van der Waals surface area contributed by atoms with E-state index in [2.05, 4.69) is 5.32 Å². The molecule has 0 aromatic heterocycles. The van der Waals surface area contributed by atoms with E-state index >= 15 is 0 Å². The molecule has 2 rings (SSSR count). The Morgan fingerprint density at radius 2 is 2.00 bits per heavy atom. The van der Waals surface area contributed by atoms with Crippen molar-refractivity contribution >= 4 is 11.9 Å². The van der Waals surface area contributed by atoms with Gasteiger partial charge >= 0.3 is 5.97 Å². The molecule has 13 heavy (non-hydrogen) atoms. The highest BCUT2D eigenvalue weighted by atomic mass is 16.4. The van der Waals surface area contributed by atoms with Gasteiger partial charge in [0, 0.05) is 6.04 Å². The maximum absolute atomic E-state index is 11.3. The number of carbonyl (C=O) groups is 2. The van der Waals surface area contributed by atoms with E-state index in [0.29, 0.717) is 12.3 Å². The zero-order chi connectivity index (χ0) is 9.42. The number of carboxylic acid groups (broad SMARTS) is 1. The van der Waals surface area contributed by atoms with Crippen molar-refractivity contribution in [2.24, 2.45) is 11.8 Å². The summed E-state index contributed by atoms with van der Waals surface area (Å²) in [4.78, 5) is 21.9. The lowest BCUT2D eigenvalue weighted by Crippen LogP contribution is -2.47. The van der Waals surface area contributed by atoms with Crippen LogP contribution in [0.5, 0.6) is 0 Å². The molecule has 1 aliphatic heterocycles. The Bertz CT molecular complexity index is 247. The predicted molar refractivity (Wildman–Crippen MR) is 45.0 cm³/mol. The molecule has 0 aromatic rings. The molecule has 2 atom stereocenters. The first-order valence-corrected chi connectivity index (χ1v) is 4.71. The number of rotatable bonds is 2. The normalized spacial score (nSPS) is 34.0. The van der Waals surface area contributed by atoms with Crippen molar-refractivity contribution in [2.45, 2.75) is 31.7 Å². The summed E-state index contributed by atoms with van der Waals surface area (Å²) in [5.41, 5.74) is 0. The van der Waals surface area contributed by atoms with Crippen molar-refractivity contribution in [2.75, 3.05) is 0 Å². The van der Waals surface area contributed by atoms with Gasteiger partial charge in [-0.15, -0.1) is 0 Å². The number of nitrogens with one attached hydrogen (secondary N) is 1. The van der Waals surface area contributed by atoms with Crippen LogP contribution in [-0.4, -0.2) is 23.0 Å². The van der Waals surface area contributed by atoms with Crippen LogP contribution < -0.4 is 5.32 Å². The summed E-state index contributed by atoms with van der Waals surface area (Å²) >= 11 is 0. The second kappa shape index (κ2) is 3.01. The molecular formula is C9H13NO3. The molecule has 1 saturated carbocycles. The van der Waals surface area contributed by atoms with E-state index in [1.54, 1.807) is 0 Å². The number of aliphatic carboxylic acids is 1. The minimum atomic E-state index is -0.994. The van der Waals surface area contributed by atoms with Crippen molar-refractivity contribution < 1.29 is 14.7 Å². The summed E-state index contributed by atoms with van der Waals surface area (Å²) in [6, 6.07) is 0.253. The Kier molecular flexibility index (Phi) is 1.98. The number of hydrogen-bond acceptors (Lipinski definition) is 2. The van der Waals surface area contributed by atoms with E-state index in [0.717, 1.165) is 6.42 Å². The third-order valence-corrected chi connectivity index (χ3v) is 2.90. The van der Waals surface area contributed by atoms with Crippen LogP contribution in [0, 0.1) is 11.8 Å². The second-order valence-corrected chi connectivity index (χ2v) is 3.92. The third kappa shape index (κ3) is 1.66. The number of carboxylic acids is 1. The standard InChI is InChI=1S/C9H13NO3/c11-8-6(9(12)13)3-4-7(10-8)5-1-2-5/h5-7H,1-4H2,(H,10,11)(H,12,13). The van der Waals surface area contributed by atoms with E-state index in [4.69, 9.17) is 5.11 Å². The minimum absolute atomic E-state index is 0.253. The molecule has 1 saturated heterocycles. The van der Waals surface area contributed by atoms with Crippen molar-refractivity contribution in [3.8, 4) is 0 Å². The topological polar surface area (TPSA) is 66.4 Å². The summed E-state index contributed by atoms with van der Waals surface area (Å²) in [5.74, 6) is -1.48. The van der Waals surface area contributed by atoms with Crippen LogP contribution in [0.15, 0.2) is 0 Å². The molecule has 1 heterocycles. The third-order valence-electron chi connectivity index (χ3n) is 2.90. The molecular weight excluding hydrogens is 170 g/mol. The van der Waals surface area contributed by atoms with Crippen molar-refractivity contribution in [1.29, 1.82) is 0 Å². The monoisotopic (exact) mass is 183 g/mol. The molecule has 2 N–H and O–H groups in total. The van der Waals surface area contributed by atoms with Gasteiger partial charge in [0.25, 0.3) is 0 Å².